The molecule has 8 bridgehead atoms. The lowest BCUT2D eigenvalue weighted by atomic mass is 9.33. The van der Waals surface area contributed by atoms with E-state index in [0.717, 1.165) is 49.4 Å². The first-order valence-electron chi connectivity index (χ1n) is 7.04. The van der Waals surface area contributed by atoms with Crippen LogP contribution in [0.4, 0.5) is 0 Å². The minimum atomic E-state index is -0.386. The van der Waals surface area contributed by atoms with Crippen molar-refractivity contribution in [2.24, 2.45) is 35.5 Å². The van der Waals surface area contributed by atoms with Crippen molar-refractivity contribution in [3.8, 4) is 0 Å². The van der Waals surface area contributed by atoms with Crippen molar-refractivity contribution < 1.29 is 10.2 Å². The zero-order valence-corrected chi connectivity index (χ0v) is 9.60. The summed E-state index contributed by atoms with van der Waals surface area (Å²) < 4.78 is 0. The van der Waals surface area contributed by atoms with Gasteiger partial charge in [0.25, 0.3) is 0 Å². The molecular weight excluding hydrogens is 200 g/mol. The first kappa shape index (κ1) is 8.93. The molecule has 0 saturated heterocycles. The maximum Gasteiger partial charge on any atom is 0.0714 e. The highest BCUT2D eigenvalue weighted by atomic mass is 16.3. The number of hydrogen-bond donors (Lipinski definition) is 2. The molecule has 0 aliphatic heterocycles. The average Bonchev–Trinajstić information content (AvgIpc) is 2.24. The summed E-state index contributed by atoms with van der Waals surface area (Å²) in [6.07, 6.45) is 6.63. The van der Waals surface area contributed by atoms with Crippen LogP contribution in [0.15, 0.2) is 0 Å². The van der Waals surface area contributed by atoms with Crippen molar-refractivity contribution in [2.75, 3.05) is 0 Å². The van der Waals surface area contributed by atoms with E-state index in [-0.39, 0.29) is 11.2 Å². The van der Waals surface area contributed by atoms with E-state index in [1.807, 2.05) is 0 Å². The van der Waals surface area contributed by atoms with Crippen LogP contribution in [0.2, 0.25) is 0 Å². The molecule has 0 heterocycles. The zero-order valence-electron chi connectivity index (χ0n) is 9.60. The maximum atomic E-state index is 11.0. The van der Waals surface area contributed by atoms with Crippen molar-refractivity contribution in [1.82, 2.24) is 0 Å². The van der Waals surface area contributed by atoms with Crippen molar-refractivity contribution in [2.45, 2.75) is 49.7 Å². The highest BCUT2D eigenvalue weighted by molar-refractivity contribution is 5.22. The van der Waals surface area contributed by atoms with Crippen LogP contribution in [0.1, 0.15) is 38.5 Å². The molecule has 0 amide bonds. The molecule has 7 rings (SSSR count). The molecule has 7 aliphatic rings. The number of hydrogen-bond acceptors (Lipinski definition) is 2. The summed E-state index contributed by atoms with van der Waals surface area (Å²) in [6, 6.07) is 0. The Morgan fingerprint density at radius 3 is 2.00 bits per heavy atom. The highest BCUT2D eigenvalue weighted by Gasteiger charge is 2.72. The molecule has 88 valence electrons. The second-order valence-electron chi connectivity index (χ2n) is 7.57. The van der Waals surface area contributed by atoms with Crippen LogP contribution in [0.5, 0.6) is 0 Å². The van der Waals surface area contributed by atoms with E-state index in [4.69, 9.17) is 0 Å². The molecule has 0 aromatic heterocycles. The van der Waals surface area contributed by atoms with Crippen LogP contribution in [0.25, 0.3) is 0 Å². The molecule has 0 radical (unpaired) electrons. The zero-order chi connectivity index (χ0) is 10.7. The van der Waals surface area contributed by atoms with Crippen LogP contribution >= 0.6 is 0 Å². The Morgan fingerprint density at radius 1 is 0.750 bits per heavy atom. The Balaban J connectivity index is 1.73. The predicted octanol–water partition coefficient (Wildman–Crippen LogP) is 1.55. The van der Waals surface area contributed by atoms with Crippen molar-refractivity contribution in [3.05, 3.63) is 0 Å². The molecule has 7 aliphatic carbocycles. The van der Waals surface area contributed by atoms with Gasteiger partial charge in [0.05, 0.1) is 11.2 Å². The van der Waals surface area contributed by atoms with E-state index >= 15 is 0 Å². The standard InChI is InChI=1S/C14H20O2/c15-13-4-10-8-1-7-2-9(10)12(6-13)14(16,3-7)11(8)5-13/h7-12,15-16H,1-6H2. The summed E-state index contributed by atoms with van der Waals surface area (Å²) in [4.78, 5) is 0. The van der Waals surface area contributed by atoms with Crippen LogP contribution in [0.3, 0.4) is 0 Å². The summed E-state index contributed by atoms with van der Waals surface area (Å²) >= 11 is 0. The lowest BCUT2D eigenvalue weighted by molar-refractivity contribution is -0.319. The van der Waals surface area contributed by atoms with Gasteiger partial charge < -0.3 is 10.2 Å². The monoisotopic (exact) mass is 220 g/mol. The van der Waals surface area contributed by atoms with Gasteiger partial charge in [-0.1, -0.05) is 0 Å². The second kappa shape index (κ2) is 2.24. The third-order valence-corrected chi connectivity index (χ3v) is 7.06. The molecule has 0 aromatic rings. The summed E-state index contributed by atoms with van der Waals surface area (Å²) in [5, 5.41) is 21.6. The average molecular weight is 220 g/mol. The smallest absolute Gasteiger partial charge is 0.0714 e. The van der Waals surface area contributed by atoms with Gasteiger partial charge in [0.15, 0.2) is 0 Å². The summed E-state index contributed by atoms with van der Waals surface area (Å²) in [7, 11) is 0. The second-order valence-corrected chi connectivity index (χ2v) is 7.57. The van der Waals surface area contributed by atoms with Gasteiger partial charge in [-0.15, -0.1) is 0 Å². The van der Waals surface area contributed by atoms with Gasteiger partial charge in [-0.2, -0.15) is 0 Å². The third kappa shape index (κ3) is 0.743. The Kier molecular flexibility index (Phi) is 1.25. The van der Waals surface area contributed by atoms with Gasteiger partial charge >= 0.3 is 0 Å². The molecule has 4 unspecified atom stereocenters. The molecule has 7 fully saturated rings. The first-order valence-corrected chi connectivity index (χ1v) is 7.04. The van der Waals surface area contributed by atoms with E-state index in [9.17, 15) is 10.2 Å². The molecule has 7 saturated carbocycles. The molecule has 0 aromatic carbocycles. The topological polar surface area (TPSA) is 40.5 Å². The van der Waals surface area contributed by atoms with E-state index in [1.165, 1.54) is 12.8 Å². The Hall–Kier alpha value is -0.0800. The van der Waals surface area contributed by atoms with Crippen molar-refractivity contribution in [3.63, 3.8) is 0 Å². The Bertz CT molecular complexity index is 353. The highest BCUT2D eigenvalue weighted by Crippen LogP contribution is 2.73. The van der Waals surface area contributed by atoms with Crippen molar-refractivity contribution in [1.29, 1.82) is 0 Å². The lowest BCUT2D eigenvalue weighted by Crippen LogP contribution is -2.74. The van der Waals surface area contributed by atoms with E-state index < -0.39 is 0 Å². The maximum absolute atomic E-state index is 11.0. The Morgan fingerprint density at radius 2 is 1.38 bits per heavy atom. The van der Waals surface area contributed by atoms with Gasteiger partial charge in [-0.05, 0) is 74.0 Å². The normalized spacial score (nSPS) is 73.9. The molecule has 2 N–H and O–H groups in total. The van der Waals surface area contributed by atoms with Gasteiger partial charge in [0, 0.05) is 0 Å². The minimum Gasteiger partial charge on any atom is -0.390 e. The molecule has 2 nitrogen and oxygen atoms in total. The van der Waals surface area contributed by atoms with Crippen molar-refractivity contribution >= 4 is 0 Å². The fourth-order valence-electron chi connectivity index (χ4n) is 6.87. The van der Waals surface area contributed by atoms with E-state index in [0.29, 0.717) is 11.8 Å². The van der Waals surface area contributed by atoms with Crippen LogP contribution in [0, 0.1) is 35.5 Å². The number of rotatable bonds is 0. The van der Waals surface area contributed by atoms with E-state index in [1.54, 1.807) is 0 Å². The van der Waals surface area contributed by atoms with Gasteiger partial charge in [-0.3, -0.25) is 0 Å². The molecule has 16 heavy (non-hydrogen) atoms. The van der Waals surface area contributed by atoms with Crippen LogP contribution < -0.4 is 0 Å². The fourth-order valence-corrected chi connectivity index (χ4v) is 6.87. The molecule has 2 heteroatoms. The van der Waals surface area contributed by atoms with E-state index in [2.05, 4.69) is 0 Å². The van der Waals surface area contributed by atoms with Gasteiger partial charge in [0.2, 0.25) is 0 Å². The predicted molar refractivity (Wildman–Crippen MR) is 58.5 cm³/mol. The van der Waals surface area contributed by atoms with Gasteiger partial charge in [-0.25, -0.2) is 0 Å². The SMILES string of the molecule is OC12CC3C4CC5CC3C(C1)C(O)(C5)C4C2. The Labute approximate surface area is 96.0 Å². The fraction of sp³-hybridized carbons (Fsp3) is 1.00. The summed E-state index contributed by atoms with van der Waals surface area (Å²) in [6.45, 7) is 0. The van der Waals surface area contributed by atoms with Gasteiger partial charge in [0.1, 0.15) is 0 Å². The quantitative estimate of drug-likeness (QED) is 0.650. The lowest BCUT2D eigenvalue weighted by Gasteiger charge is -2.74. The first-order chi connectivity index (χ1) is 7.59. The molecular formula is C14H20O2. The molecule has 4 atom stereocenters. The van der Waals surface area contributed by atoms with Crippen LogP contribution in [-0.4, -0.2) is 21.4 Å². The molecule has 0 spiro atoms. The summed E-state index contributed by atoms with van der Waals surface area (Å²) in [5.74, 6) is 4.00. The minimum absolute atomic E-state index is 0.361. The van der Waals surface area contributed by atoms with Crippen LogP contribution in [-0.2, 0) is 0 Å². The number of aliphatic hydroxyl groups is 2. The summed E-state index contributed by atoms with van der Waals surface area (Å²) in [5.41, 5.74) is -0.747. The third-order valence-electron chi connectivity index (χ3n) is 7.06. The largest absolute Gasteiger partial charge is 0.390 e.